The molecule has 156 valence electrons. The van der Waals surface area contributed by atoms with Gasteiger partial charge in [0.2, 0.25) is 5.91 Å². The molecule has 1 fully saturated rings. The van der Waals surface area contributed by atoms with Crippen LogP contribution in [0, 0.1) is 13.8 Å². The Kier molecular flexibility index (Phi) is 7.41. The number of ketones is 1. The molecule has 2 rings (SSSR count). The Morgan fingerprint density at radius 2 is 1.96 bits per heavy atom. The molecule has 0 aliphatic carbocycles. The second kappa shape index (κ2) is 9.37. The molecule has 2 heterocycles. The lowest BCUT2D eigenvalue weighted by molar-refractivity contribution is -0.133. The Morgan fingerprint density at radius 1 is 1.29 bits per heavy atom. The van der Waals surface area contributed by atoms with Gasteiger partial charge in [-0.15, -0.1) is 0 Å². The first-order chi connectivity index (χ1) is 13.2. The highest BCUT2D eigenvalue weighted by atomic mass is 16.5. The minimum absolute atomic E-state index is 0.0289. The molecule has 1 aliphatic rings. The minimum Gasteiger partial charge on any atom is -0.461 e. The zero-order valence-electron chi connectivity index (χ0n) is 17.8. The van der Waals surface area contributed by atoms with Crippen molar-refractivity contribution in [3.8, 4) is 0 Å². The summed E-state index contributed by atoms with van der Waals surface area (Å²) in [6.45, 7) is 10.2. The van der Waals surface area contributed by atoms with Crippen LogP contribution in [0.25, 0.3) is 0 Å². The number of aromatic nitrogens is 1. The quantitative estimate of drug-likeness (QED) is 0.502. The Balaban J connectivity index is 2.35. The van der Waals surface area contributed by atoms with Crippen molar-refractivity contribution in [1.29, 1.82) is 0 Å². The molecular formula is C21H32N2O5. The predicted molar refractivity (Wildman–Crippen MR) is 106 cm³/mol. The van der Waals surface area contributed by atoms with Crippen molar-refractivity contribution >= 4 is 17.7 Å². The molecule has 1 amide bonds. The van der Waals surface area contributed by atoms with Gasteiger partial charge in [0.15, 0.2) is 5.78 Å². The smallest absolute Gasteiger partial charge is 0.355 e. The van der Waals surface area contributed by atoms with Crippen molar-refractivity contribution in [3.05, 3.63) is 22.5 Å². The van der Waals surface area contributed by atoms with Gasteiger partial charge in [0, 0.05) is 37.9 Å². The summed E-state index contributed by atoms with van der Waals surface area (Å²) >= 11 is 0. The van der Waals surface area contributed by atoms with E-state index in [9.17, 15) is 14.4 Å². The monoisotopic (exact) mass is 392 g/mol. The Morgan fingerprint density at radius 3 is 2.50 bits per heavy atom. The molecule has 0 spiro atoms. The molecule has 1 aromatic heterocycles. The van der Waals surface area contributed by atoms with E-state index in [1.54, 1.807) is 44.2 Å². The van der Waals surface area contributed by atoms with Crippen molar-refractivity contribution in [2.24, 2.45) is 7.05 Å². The maximum atomic E-state index is 13.4. The van der Waals surface area contributed by atoms with E-state index < -0.39 is 12.0 Å². The highest BCUT2D eigenvalue weighted by Crippen LogP contribution is 2.25. The summed E-state index contributed by atoms with van der Waals surface area (Å²) in [5, 5.41) is 0. The molecule has 0 N–H and O–H groups in total. The number of nitrogens with zero attached hydrogens (tertiary/aromatic N) is 2. The maximum absolute atomic E-state index is 13.4. The second-order valence-electron chi connectivity index (χ2n) is 7.29. The fourth-order valence-electron chi connectivity index (χ4n) is 3.87. The standard InChI is InChI=1S/C21H32N2O5/c1-7-17(24)23(12-16-10-9-11-28-16)15(5)20(25)18-13(3)19(21(26)27-8-2)22(6)14(18)4/h15-16H,7-12H2,1-6H3. The lowest BCUT2D eigenvalue weighted by atomic mass is 9.99. The highest BCUT2D eigenvalue weighted by molar-refractivity contribution is 6.06. The third kappa shape index (κ3) is 4.29. The van der Waals surface area contributed by atoms with Gasteiger partial charge in [0.05, 0.1) is 18.8 Å². The van der Waals surface area contributed by atoms with Crippen molar-refractivity contribution in [2.45, 2.75) is 66.0 Å². The normalized spacial score (nSPS) is 17.4. The second-order valence-corrected chi connectivity index (χ2v) is 7.29. The maximum Gasteiger partial charge on any atom is 0.355 e. The summed E-state index contributed by atoms with van der Waals surface area (Å²) in [7, 11) is 1.75. The number of ether oxygens (including phenoxy) is 2. The van der Waals surface area contributed by atoms with E-state index in [0.717, 1.165) is 12.8 Å². The van der Waals surface area contributed by atoms with E-state index >= 15 is 0 Å². The van der Waals surface area contributed by atoms with Crippen molar-refractivity contribution in [1.82, 2.24) is 9.47 Å². The number of rotatable bonds is 8. The molecule has 7 heteroatoms. The Bertz CT molecular complexity index is 746. The number of Topliss-reactive ketones (excluding diaryl/α,β-unsaturated/α-hetero) is 1. The first kappa shape index (κ1) is 22.1. The van der Waals surface area contributed by atoms with Gasteiger partial charge in [0.25, 0.3) is 0 Å². The van der Waals surface area contributed by atoms with Gasteiger partial charge in [-0.25, -0.2) is 4.79 Å². The molecular weight excluding hydrogens is 360 g/mol. The van der Waals surface area contributed by atoms with Gasteiger partial charge in [-0.3, -0.25) is 9.59 Å². The van der Waals surface area contributed by atoms with Crippen LogP contribution in [-0.2, 0) is 21.3 Å². The van der Waals surface area contributed by atoms with Crippen LogP contribution in [0.15, 0.2) is 0 Å². The summed E-state index contributed by atoms with van der Waals surface area (Å²) in [5.74, 6) is -0.688. The van der Waals surface area contributed by atoms with Crippen LogP contribution in [0.3, 0.4) is 0 Å². The zero-order chi connectivity index (χ0) is 21.0. The molecule has 0 saturated carbocycles. The van der Waals surface area contributed by atoms with E-state index in [1.165, 1.54) is 0 Å². The highest BCUT2D eigenvalue weighted by Gasteiger charge is 2.33. The fourth-order valence-corrected chi connectivity index (χ4v) is 3.87. The zero-order valence-corrected chi connectivity index (χ0v) is 17.8. The average molecular weight is 392 g/mol. The number of carbonyl (C=O) groups is 3. The van der Waals surface area contributed by atoms with Crippen molar-refractivity contribution < 1.29 is 23.9 Å². The summed E-state index contributed by atoms with van der Waals surface area (Å²) in [6.07, 6.45) is 2.16. The first-order valence-electron chi connectivity index (χ1n) is 10.0. The first-order valence-corrected chi connectivity index (χ1v) is 10.0. The average Bonchev–Trinajstić information content (AvgIpc) is 3.25. The number of amides is 1. The minimum atomic E-state index is -0.633. The van der Waals surface area contributed by atoms with Crippen LogP contribution in [-0.4, -0.2) is 59.0 Å². The summed E-state index contributed by atoms with van der Waals surface area (Å²) in [5.41, 5.74) is 2.15. The molecule has 28 heavy (non-hydrogen) atoms. The van der Waals surface area contributed by atoms with E-state index in [-0.39, 0.29) is 24.4 Å². The number of hydrogen-bond acceptors (Lipinski definition) is 5. The molecule has 1 aliphatic heterocycles. The third-order valence-corrected chi connectivity index (χ3v) is 5.54. The van der Waals surface area contributed by atoms with Crippen LogP contribution >= 0.6 is 0 Å². The summed E-state index contributed by atoms with van der Waals surface area (Å²) in [6, 6.07) is -0.633. The Labute approximate surface area is 167 Å². The van der Waals surface area contributed by atoms with E-state index in [2.05, 4.69) is 0 Å². The molecule has 1 saturated heterocycles. The number of carbonyl (C=O) groups excluding carboxylic acids is 3. The molecule has 0 aromatic carbocycles. The topological polar surface area (TPSA) is 77.8 Å². The van der Waals surface area contributed by atoms with Crippen LogP contribution in [0.5, 0.6) is 0 Å². The van der Waals surface area contributed by atoms with Crippen LogP contribution < -0.4 is 0 Å². The van der Waals surface area contributed by atoms with E-state index in [4.69, 9.17) is 9.47 Å². The number of esters is 1. The van der Waals surface area contributed by atoms with E-state index in [0.29, 0.717) is 42.1 Å². The van der Waals surface area contributed by atoms with Crippen molar-refractivity contribution in [2.75, 3.05) is 19.8 Å². The van der Waals surface area contributed by atoms with Gasteiger partial charge in [0.1, 0.15) is 5.69 Å². The third-order valence-electron chi connectivity index (χ3n) is 5.54. The SMILES string of the molecule is CCOC(=O)c1c(C)c(C(=O)C(C)N(CC2CCCO2)C(=O)CC)c(C)n1C. The van der Waals surface area contributed by atoms with Gasteiger partial charge in [-0.05, 0) is 46.1 Å². The van der Waals surface area contributed by atoms with Crippen LogP contribution in [0.2, 0.25) is 0 Å². The largest absolute Gasteiger partial charge is 0.461 e. The van der Waals surface area contributed by atoms with Gasteiger partial charge >= 0.3 is 5.97 Å². The molecule has 2 unspecified atom stereocenters. The van der Waals surface area contributed by atoms with Crippen molar-refractivity contribution in [3.63, 3.8) is 0 Å². The molecule has 0 bridgehead atoms. The fraction of sp³-hybridized carbons (Fsp3) is 0.667. The van der Waals surface area contributed by atoms with Gasteiger partial charge in [-0.1, -0.05) is 6.92 Å². The lowest BCUT2D eigenvalue weighted by Crippen LogP contribution is -2.46. The van der Waals surface area contributed by atoms with Crippen LogP contribution in [0.4, 0.5) is 0 Å². The van der Waals surface area contributed by atoms with Gasteiger partial charge < -0.3 is 18.9 Å². The molecule has 2 atom stereocenters. The molecule has 0 radical (unpaired) electrons. The number of hydrogen-bond donors (Lipinski definition) is 0. The summed E-state index contributed by atoms with van der Waals surface area (Å²) < 4.78 is 12.5. The summed E-state index contributed by atoms with van der Waals surface area (Å²) in [4.78, 5) is 39.9. The van der Waals surface area contributed by atoms with Crippen LogP contribution in [0.1, 0.15) is 72.1 Å². The lowest BCUT2D eigenvalue weighted by Gasteiger charge is -2.30. The molecule has 7 nitrogen and oxygen atoms in total. The Hall–Kier alpha value is -2.15. The predicted octanol–water partition coefficient (Wildman–Crippen LogP) is 2.81. The van der Waals surface area contributed by atoms with E-state index in [1.807, 2.05) is 6.92 Å². The molecule has 1 aromatic rings. The van der Waals surface area contributed by atoms with Gasteiger partial charge in [-0.2, -0.15) is 0 Å².